The number of carbonyl (C=O) groups is 1. The average molecular weight is 184 g/mol. The van der Waals surface area contributed by atoms with Gasteiger partial charge >= 0.3 is 0 Å². The largest absolute Gasteiger partial charge is 0.336 e. The molecular weight excluding hydrogens is 164 g/mol. The quantitative estimate of drug-likeness (QED) is 0.699. The van der Waals surface area contributed by atoms with E-state index >= 15 is 0 Å². The summed E-state index contributed by atoms with van der Waals surface area (Å²) >= 11 is 0. The minimum Gasteiger partial charge on any atom is -0.336 e. The minimum atomic E-state index is -0.165. The topological polar surface area (TPSA) is 46.3 Å². The molecule has 0 saturated carbocycles. The molecule has 0 aromatic heterocycles. The summed E-state index contributed by atoms with van der Waals surface area (Å²) in [5, 5.41) is 0. The van der Waals surface area contributed by atoms with Crippen LogP contribution in [-0.4, -0.2) is 29.4 Å². The second kappa shape index (κ2) is 4.09. The van der Waals surface area contributed by atoms with E-state index in [9.17, 15) is 4.79 Å². The van der Waals surface area contributed by atoms with Crippen LogP contribution < -0.4 is 5.73 Å². The first kappa shape index (κ1) is 10.5. The molecule has 0 unspecified atom stereocenters. The van der Waals surface area contributed by atoms with Crippen LogP contribution in [0.2, 0.25) is 0 Å². The third-order valence-electron chi connectivity index (χ3n) is 2.80. The van der Waals surface area contributed by atoms with Crippen molar-refractivity contribution in [2.75, 3.05) is 13.1 Å². The highest BCUT2D eigenvalue weighted by Gasteiger charge is 2.29. The first-order valence-electron chi connectivity index (χ1n) is 5.08. The third-order valence-corrected chi connectivity index (χ3v) is 2.80. The van der Waals surface area contributed by atoms with Crippen LogP contribution in [0.3, 0.4) is 0 Å². The van der Waals surface area contributed by atoms with Gasteiger partial charge in [0.1, 0.15) is 0 Å². The summed E-state index contributed by atoms with van der Waals surface area (Å²) < 4.78 is 0. The second-order valence-electron chi connectivity index (χ2n) is 4.37. The van der Waals surface area contributed by atoms with E-state index in [1.165, 1.54) is 6.42 Å². The van der Waals surface area contributed by atoms with Crippen molar-refractivity contribution in [3.05, 3.63) is 0 Å². The maximum Gasteiger partial charge on any atom is 0.223 e. The van der Waals surface area contributed by atoms with E-state index in [4.69, 9.17) is 5.73 Å². The molecule has 0 aromatic carbocycles. The monoisotopic (exact) mass is 184 g/mol. The maximum absolute atomic E-state index is 11.7. The lowest BCUT2D eigenvalue weighted by molar-refractivity contribution is -0.135. The fourth-order valence-corrected chi connectivity index (χ4v) is 1.73. The lowest BCUT2D eigenvalue weighted by atomic mass is 10.0. The van der Waals surface area contributed by atoms with Crippen molar-refractivity contribution in [3.63, 3.8) is 0 Å². The van der Waals surface area contributed by atoms with Gasteiger partial charge in [0.05, 0.1) is 0 Å². The Morgan fingerprint density at radius 2 is 2.08 bits per heavy atom. The van der Waals surface area contributed by atoms with E-state index in [-0.39, 0.29) is 11.4 Å². The Hall–Kier alpha value is -0.570. The van der Waals surface area contributed by atoms with Gasteiger partial charge in [-0.05, 0) is 26.7 Å². The highest BCUT2D eigenvalue weighted by atomic mass is 16.2. The molecule has 3 heteroatoms. The molecule has 0 aliphatic carbocycles. The zero-order valence-electron chi connectivity index (χ0n) is 8.68. The maximum atomic E-state index is 11.7. The first-order chi connectivity index (χ1) is 6.08. The molecule has 0 spiro atoms. The predicted octanol–water partition coefficient (Wildman–Crippen LogP) is 1.13. The fourth-order valence-electron chi connectivity index (χ4n) is 1.73. The summed E-state index contributed by atoms with van der Waals surface area (Å²) in [5.41, 5.74) is 5.49. The molecule has 3 nitrogen and oxygen atoms in total. The number of hydrogen-bond acceptors (Lipinski definition) is 2. The minimum absolute atomic E-state index is 0.165. The fraction of sp³-hybridized carbons (Fsp3) is 0.900. The van der Waals surface area contributed by atoms with Crippen LogP contribution in [-0.2, 0) is 4.79 Å². The summed E-state index contributed by atoms with van der Waals surface area (Å²) in [5.74, 6) is 0.271. The Morgan fingerprint density at radius 3 is 2.69 bits per heavy atom. The molecule has 1 aliphatic rings. The molecule has 0 atom stereocenters. The van der Waals surface area contributed by atoms with Gasteiger partial charge in [-0.3, -0.25) is 4.79 Å². The van der Waals surface area contributed by atoms with Crippen LogP contribution in [0, 0.1) is 0 Å². The molecule has 0 bridgehead atoms. The van der Waals surface area contributed by atoms with Crippen molar-refractivity contribution in [2.45, 2.75) is 45.1 Å². The third kappa shape index (κ3) is 2.44. The molecule has 2 N–H and O–H groups in total. The van der Waals surface area contributed by atoms with E-state index in [0.29, 0.717) is 13.0 Å². The van der Waals surface area contributed by atoms with E-state index in [0.717, 1.165) is 19.4 Å². The number of carbonyl (C=O) groups excluding carboxylic acids is 1. The Balaban J connectivity index is 2.69. The average Bonchev–Trinajstić information content (AvgIpc) is 2.30. The standard InChI is InChI=1S/C10H20N2O/c1-10(2,8-11)12-7-5-3-4-6-9(12)13/h3-8,11H2,1-2H3. The van der Waals surface area contributed by atoms with Crippen LogP contribution in [0.5, 0.6) is 0 Å². The van der Waals surface area contributed by atoms with Gasteiger partial charge in [0.2, 0.25) is 5.91 Å². The van der Waals surface area contributed by atoms with Gasteiger partial charge in [-0.2, -0.15) is 0 Å². The number of amides is 1. The van der Waals surface area contributed by atoms with Gasteiger partial charge in [-0.25, -0.2) is 0 Å². The normalized spacial score (nSPS) is 20.2. The molecule has 0 aromatic rings. The SMILES string of the molecule is CC(C)(CN)N1CCCCCC1=O. The molecule has 13 heavy (non-hydrogen) atoms. The molecule has 1 saturated heterocycles. The summed E-state index contributed by atoms with van der Waals surface area (Å²) in [6.45, 7) is 5.49. The zero-order valence-corrected chi connectivity index (χ0v) is 8.68. The number of nitrogens with zero attached hydrogens (tertiary/aromatic N) is 1. The summed E-state index contributed by atoms with van der Waals surface area (Å²) in [7, 11) is 0. The van der Waals surface area contributed by atoms with Crippen LogP contribution in [0.15, 0.2) is 0 Å². The van der Waals surface area contributed by atoms with Crippen molar-refractivity contribution < 1.29 is 4.79 Å². The van der Waals surface area contributed by atoms with E-state index in [1.807, 2.05) is 18.7 Å². The summed E-state index contributed by atoms with van der Waals surface area (Å²) in [6, 6.07) is 0. The van der Waals surface area contributed by atoms with Crippen LogP contribution >= 0.6 is 0 Å². The van der Waals surface area contributed by atoms with E-state index in [1.54, 1.807) is 0 Å². The van der Waals surface area contributed by atoms with Gasteiger partial charge in [-0.15, -0.1) is 0 Å². The van der Waals surface area contributed by atoms with E-state index < -0.39 is 0 Å². The molecule has 76 valence electrons. The van der Waals surface area contributed by atoms with Crippen molar-refractivity contribution in [1.82, 2.24) is 4.90 Å². The van der Waals surface area contributed by atoms with Crippen molar-refractivity contribution in [3.8, 4) is 0 Å². The van der Waals surface area contributed by atoms with Crippen molar-refractivity contribution in [1.29, 1.82) is 0 Å². The number of likely N-dealkylation sites (tertiary alicyclic amines) is 1. The molecule has 1 fully saturated rings. The molecule has 1 aliphatic heterocycles. The predicted molar refractivity (Wildman–Crippen MR) is 53.3 cm³/mol. The van der Waals surface area contributed by atoms with Gasteiger partial charge in [0.15, 0.2) is 0 Å². The van der Waals surface area contributed by atoms with Crippen LogP contribution in [0.1, 0.15) is 39.5 Å². The molecule has 1 amide bonds. The number of hydrogen-bond donors (Lipinski definition) is 1. The summed E-state index contributed by atoms with van der Waals surface area (Å²) in [4.78, 5) is 13.6. The summed E-state index contributed by atoms with van der Waals surface area (Å²) in [6.07, 6.45) is 4.03. The Kier molecular flexibility index (Phi) is 3.31. The van der Waals surface area contributed by atoms with Crippen molar-refractivity contribution >= 4 is 5.91 Å². The highest BCUT2D eigenvalue weighted by Crippen LogP contribution is 2.19. The van der Waals surface area contributed by atoms with Crippen molar-refractivity contribution in [2.24, 2.45) is 5.73 Å². The zero-order chi connectivity index (χ0) is 9.90. The lowest BCUT2D eigenvalue weighted by Gasteiger charge is -2.37. The van der Waals surface area contributed by atoms with Crippen LogP contribution in [0.4, 0.5) is 0 Å². The second-order valence-corrected chi connectivity index (χ2v) is 4.37. The molecule has 1 heterocycles. The Bertz CT molecular complexity index is 189. The van der Waals surface area contributed by atoms with Crippen LogP contribution in [0.25, 0.3) is 0 Å². The molecule has 1 rings (SSSR count). The Labute approximate surface area is 80.3 Å². The van der Waals surface area contributed by atoms with E-state index in [2.05, 4.69) is 0 Å². The molecule has 0 radical (unpaired) electrons. The van der Waals surface area contributed by atoms with Gasteiger partial charge < -0.3 is 10.6 Å². The van der Waals surface area contributed by atoms with Gasteiger partial charge in [0, 0.05) is 25.0 Å². The number of rotatable bonds is 2. The molecular formula is C10H20N2O. The number of nitrogens with two attached hydrogens (primary N) is 1. The smallest absolute Gasteiger partial charge is 0.223 e. The van der Waals surface area contributed by atoms with Gasteiger partial charge in [0.25, 0.3) is 0 Å². The lowest BCUT2D eigenvalue weighted by Crippen LogP contribution is -2.52. The highest BCUT2D eigenvalue weighted by molar-refractivity contribution is 5.77. The van der Waals surface area contributed by atoms with Gasteiger partial charge in [-0.1, -0.05) is 6.42 Å². The first-order valence-corrected chi connectivity index (χ1v) is 5.08. The Morgan fingerprint density at radius 1 is 1.38 bits per heavy atom.